The van der Waals surface area contributed by atoms with E-state index in [0.29, 0.717) is 6.04 Å². The van der Waals surface area contributed by atoms with Gasteiger partial charge in [0.15, 0.2) is 5.96 Å². The van der Waals surface area contributed by atoms with Gasteiger partial charge in [0.2, 0.25) is 0 Å². The highest BCUT2D eigenvalue weighted by molar-refractivity contribution is 14.0. The first-order chi connectivity index (χ1) is 7.09. The van der Waals surface area contributed by atoms with Gasteiger partial charge in [-0.2, -0.15) is 0 Å². The number of nitrogens with one attached hydrogen (secondary N) is 2. The maximum Gasteiger partial charge on any atom is 0.191 e. The number of aliphatic imine (C=N–C) groups is 1. The monoisotopic (exact) mass is 341 g/mol. The third-order valence-corrected chi connectivity index (χ3v) is 2.80. The number of nitrogens with zero attached hydrogens (tertiary/aromatic N) is 1. The van der Waals surface area contributed by atoms with Gasteiger partial charge in [0.1, 0.15) is 0 Å². The summed E-state index contributed by atoms with van der Waals surface area (Å²) < 4.78 is 5.21. The molecular weight excluding hydrogens is 317 g/mol. The molecule has 0 aliphatic carbocycles. The lowest BCUT2D eigenvalue weighted by atomic mass is 9.89. The van der Waals surface area contributed by atoms with Gasteiger partial charge in [-0.1, -0.05) is 13.8 Å². The molecular formula is C11H24IN3O. The Balaban J connectivity index is 0.00000225. The normalized spacial score (nSPS) is 20.4. The lowest BCUT2D eigenvalue weighted by Crippen LogP contribution is -2.52. The Morgan fingerprint density at radius 3 is 2.50 bits per heavy atom. The van der Waals surface area contributed by atoms with Crippen molar-refractivity contribution in [2.45, 2.75) is 33.2 Å². The molecule has 0 aromatic heterocycles. The van der Waals surface area contributed by atoms with Crippen molar-refractivity contribution in [2.75, 3.05) is 26.8 Å². The minimum atomic E-state index is 0. The highest BCUT2D eigenvalue weighted by Gasteiger charge is 2.33. The fraction of sp³-hybridized carbons (Fsp3) is 0.909. The molecule has 1 saturated heterocycles. The van der Waals surface area contributed by atoms with Crippen LogP contribution in [0.2, 0.25) is 0 Å². The van der Waals surface area contributed by atoms with Crippen LogP contribution in [0.3, 0.4) is 0 Å². The Hall–Kier alpha value is -0.0400. The van der Waals surface area contributed by atoms with Crippen LogP contribution in [0.5, 0.6) is 0 Å². The third kappa shape index (κ3) is 4.86. The maximum atomic E-state index is 5.21. The molecule has 5 heteroatoms. The lowest BCUT2D eigenvalue weighted by Gasteiger charge is -2.38. The quantitative estimate of drug-likeness (QED) is 0.464. The Kier molecular flexibility index (Phi) is 7.30. The molecule has 1 unspecified atom stereocenters. The molecule has 96 valence electrons. The molecule has 1 aliphatic rings. The van der Waals surface area contributed by atoms with E-state index in [2.05, 4.69) is 36.4 Å². The van der Waals surface area contributed by atoms with Gasteiger partial charge in [-0.05, 0) is 13.3 Å². The zero-order valence-corrected chi connectivity index (χ0v) is 13.0. The van der Waals surface area contributed by atoms with Crippen LogP contribution >= 0.6 is 24.0 Å². The number of guanidine groups is 1. The lowest BCUT2D eigenvalue weighted by molar-refractivity contribution is -0.0971. The van der Waals surface area contributed by atoms with Crippen molar-refractivity contribution in [1.82, 2.24) is 10.6 Å². The zero-order valence-electron chi connectivity index (χ0n) is 10.7. The van der Waals surface area contributed by atoms with E-state index < -0.39 is 0 Å². The van der Waals surface area contributed by atoms with Crippen molar-refractivity contribution in [3.8, 4) is 0 Å². The SMILES string of the molecule is CCC(C)NC(=NC)NCC1(C)COC1.I. The van der Waals surface area contributed by atoms with Crippen molar-refractivity contribution in [3.05, 3.63) is 0 Å². The molecule has 1 heterocycles. The minimum Gasteiger partial charge on any atom is -0.380 e. The molecule has 0 amide bonds. The summed E-state index contributed by atoms with van der Waals surface area (Å²) in [6, 6.07) is 0.460. The van der Waals surface area contributed by atoms with Crippen LogP contribution in [0.4, 0.5) is 0 Å². The molecule has 16 heavy (non-hydrogen) atoms. The first-order valence-electron chi connectivity index (χ1n) is 5.64. The van der Waals surface area contributed by atoms with Gasteiger partial charge in [0, 0.05) is 25.0 Å². The van der Waals surface area contributed by atoms with E-state index in [-0.39, 0.29) is 29.4 Å². The Morgan fingerprint density at radius 1 is 1.50 bits per heavy atom. The van der Waals surface area contributed by atoms with E-state index in [1.165, 1.54) is 0 Å². The van der Waals surface area contributed by atoms with E-state index in [1.807, 2.05) is 0 Å². The van der Waals surface area contributed by atoms with Crippen LogP contribution in [0, 0.1) is 5.41 Å². The number of rotatable bonds is 4. The molecule has 2 N–H and O–H groups in total. The van der Waals surface area contributed by atoms with Crippen molar-refractivity contribution in [3.63, 3.8) is 0 Å². The molecule has 0 aromatic carbocycles. The van der Waals surface area contributed by atoms with E-state index in [0.717, 1.165) is 32.1 Å². The van der Waals surface area contributed by atoms with Gasteiger partial charge in [-0.25, -0.2) is 0 Å². The third-order valence-electron chi connectivity index (χ3n) is 2.80. The first kappa shape index (κ1) is 16.0. The van der Waals surface area contributed by atoms with Crippen LogP contribution in [-0.4, -0.2) is 38.8 Å². The van der Waals surface area contributed by atoms with Crippen LogP contribution in [0.15, 0.2) is 4.99 Å². The topological polar surface area (TPSA) is 45.7 Å². The molecule has 1 atom stereocenters. The second-order valence-electron chi connectivity index (χ2n) is 4.68. The first-order valence-corrected chi connectivity index (χ1v) is 5.64. The van der Waals surface area contributed by atoms with Crippen LogP contribution < -0.4 is 10.6 Å². The number of hydrogen-bond donors (Lipinski definition) is 2. The predicted molar refractivity (Wildman–Crippen MR) is 78.6 cm³/mol. The Bertz CT molecular complexity index is 229. The van der Waals surface area contributed by atoms with Crippen LogP contribution in [0.1, 0.15) is 27.2 Å². The molecule has 0 aromatic rings. The Labute approximate surface area is 116 Å². The second kappa shape index (κ2) is 7.32. The number of halogens is 1. The molecule has 0 bridgehead atoms. The van der Waals surface area contributed by atoms with Gasteiger partial charge in [-0.3, -0.25) is 4.99 Å². The fourth-order valence-electron chi connectivity index (χ4n) is 1.38. The zero-order chi connectivity index (χ0) is 11.3. The summed E-state index contributed by atoms with van der Waals surface area (Å²) in [6.07, 6.45) is 1.10. The van der Waals surface area contributed by atoms with Gasteiger partial charge in [0.05, 0.1) is 13.2 Å². The van der Waals surface area contributed by atoms with Crippen molar-refractivity contribution in [1.29, 1.82) is 0 Å². The minimum absolute atomic E-state index is 0. The number of hydrogen-bond acceptors (Lipinski definition) is 2. The van der Waals surface area contributed by atoms with E-state index >= 15 is 0 Å². The summed E-state index contributed by atoms with van der Waals surface area (Å²) in [7, 11) is 1.80. The van der Waals surface area contributed by atoms with Crippen molar-refractivity contribution < 1.29 is 4.74 Å². The van der Waals surface area contributed by atoms with Gasteiger partial charge < -0.3 is 15.4 Å². The summed E-state index contributed by atoms with van der Waals surface area (Å²) >= 11 is 0. The van der Waals surface area contributed by atoms with E-state index in [4.69, 9.17) is 4.74 Å². The van der Waals surface area contributed by atoms with E-state index in [1.54, 1.807) is 7.05 Å². The largest absolute Gasteiger partial charge is 0.380 e. The maximum absolute atomic E-state index is 5.21. The molecule has 1 aliphatic heterocycles. The molecule has 1 rings (SSSR count). The van der Waals surface area contributed by atoms with E-state index in [9.17, 15) is 0 Å². The fourth-order valence-corrected chi connectivity index (χ4v) is 1.38. The van der Waals surface area contributed by atoms with Gasteiger partial charge >= 0.3 is 0 Å². The standard InChI is InChI=1S/C11H23N3O.HI/c1-5-9(2)14-10(12-4)13-6-11(3)7-15-8-11;/h9H,5-8H2,1-4H3,(H2,12,13,14);1H. The highest BCUT2D eigenvalue weighted by atomic mass is 127. The predicted octanol–water partition coefficient (Wildman–Crippen LogP) is 1.60. The molecule has 0 radical (unpaired) electrons. The van der Waals surface area contributed by atoms with Crippen molar-refractivity contribution in [2.24, 2.45) is 10.4 Å². The van der Waals surface area contributed by atoms with Crippen LogP contribution in [-0.2, 0) is 4.74 Å². The number of ether oxygens (including phenoxy) is 1. The summed E-state index contributed by atoms with van der Waals surface area (Å²) in [5, 5.41) is 6.67. The summed E-state index contributed by atoms with van der Waals surface area (Å²) in [5.41, 5.74) is 0.285. The molecule has 0 saturated carbocycles. The molecule has 0 spiro atoms. The van der Waals surface area contributed by atoms with Crippen molar-refractivity contribution >= 4 is 29.9 Å². The second-order valence-corrected chi connectivity index (χ2v) is 4.68. The average molecular weight is 341 g/mol. The molecule has 4 nitrogen and oxygen atoms in total. The molecule has 1 fully saturated rings. The Morgan fingerprint density at radius 2 is 2.12 bits per heavy atom. The van der Waals surface area contributed by atoms with Crippen LogP contribution in [0.25, 0.3) is 0 Å². The van der Waals surface area contributed by atoms with Gasteiger partial charge in [0.25, 0.3) is 0 Å². The summed E-state index contributed by atoms with van der Waals surface area (Å²) in [5.74, 6) is 0.887. The summed E-state index contributed by atoms with van der Waals surface area (Å²) in [4.78, 5) is 4.19. The summed E-state index contributed by atoms with van der Waals surface area (Å²) in [6.45, 7) is 9.15. The average Bonchev–Trinajstić information content (AvgIpc) is 2.21. The van der Waals surface area contributed by atoms with Gasteiger partial charge in [-0.15, -0.1) is 24.0 Å². The smallest absolute Gasteiger partial charge is 0.191 e. The highest BCUT2D eigenvalue weighted by Crippen LogP contribution is 2.24.